The third-order valence-corrected chi connectivity index (χ3v) is 3.04. The van der Waals surface area contributed by atoms with E-state index < -0.39 is 28.7 Å². The van der Waals surface area contributed by atoms with Crippen molar-refractivity contribution in [2.45, 2.75) is 12.7 Å². The third-order valence-electron chi connectivity index (χ3n) is 2.03. The zero-order valence-corrected chi connectivity index (χ0v) is 10.3. The summed E-state index contributed by atoms with van der Waals surface area (Å²) in [6.07, 6.45) is -4.69. The van der Waals surface area contributed by atoms with Crippen molar-refractivity contribution >= 4 is 15.9 Å². The van der Waals surface area contributed by atoms with Gasteiger partial charge >= 0.3 is 6.18 Å². The van der Waals surface area contributed by atoms with Crippen LogP contribution < -0.4 is 15.2 Å². The predicted molar refractivity (Wildman–Crippen MR) is 60.9 cm³/mol. The Hall–Kier alpha value is -1.39. The maximum atomic E-state index is 13.3. The van der Waals surface area contributed by atoms with Gasteiger partial charge in [0.05, 0.1) is 5.69 Å². The summed E-state index contributed by atoms with van der Waals surface area (Å²) in [7, 11) is -4.46. The smallest absolute Gasteiger partial charge is 0.326 e. The van der Waals surface area contributed by atoms with Crippen molar-refractivity contribution in [3.63, 3.8) is 0 Å². The van der Waals surface area contributed by atoms with Crippen LogP contribution in [0, 0.1) is 5.82 Å². The van der Waals surface area contributed by atoms with Crippen molar-refractivity contribution in [1.82, 2.24) is 4.72 Å². The van der Waals surface area contributed by atoms with Gasteiger partial charge in [0, 0.05) is 12.1 Å². The van der Waals surface area contributed by atoms with Crippen LogP contribution in [0.15, 0.2) is 18.2 Å². The molecule has 4 N–H and O–H groups in total. The highest BCUT2D eigenvalue weighted by Gasteiger charge is 2.29. The number of nitrogens with two attached hydrogens (primary N) is 1. The van der Waals surface area contributed by atoms with E-state index in [1.54, 1.807) is 4.72 Å². The molecule has 0 aliphatic heterocycles. The van der Waals surface area contributed by atoms with E-state index >= 15 is 0 Å². The van der Waals surface area contributed by atoms with E-state index in [9.17, 15) is 26.0 Å². The SMILES string of the molecule is NCc1c(F)cccc1NS(=O)(=O)NCC(F)(F)F. The Morgan fingerprint density at radius 2 is 1.89 bits per heavy atom. The number of hydrogen-bond donors (Lipinski definition) is 3. The van der Waals surface area contributed by atoms with Crippen LogP contribution >= 0.6 is 0 Å². The Labute approximate surface area is 107 Å². The molecule has 10 heteroatoms. The van der Waals surface area contributed by atoms with Gasteiger partial charge in [0.25, 0.3) is 10.2 Å². The van der Waals surface area contributed by atoms with Gasteiger partial charge in [-0.2, -0.15) is 26.3 Å². The minimum atomic E-state index is -4.69. The van der Waals surface area contributed by atoms with E-state index in [0.717, 1.165) is 6.07 Å². The lowest BCUT2D eigenvalue weighted by atomic mass is 10.2. The van der Waals surface area contributed by atoms with Crippen LogP contribution in [-0.4, -0.2) is 21.1 Å². The number of benzene rings is 1. The maximum absolute atomic E-state index is 13.3. The number of anilines is 1. The van der Waals surface area contributed by atoms with Gasteiger partial charge in [-0.3, -0.25) is 4.72 Å². The summed E-state index contributed by atoms with van der Waals surface area (Å²) in [4.78, 5) is 0. The van der Waals surface area contributed by atoms with Crippen LogP contribution in [0.3, 0.4) is 0 Å². The van der Waals surface area contributed by atoms with Gasteiger partial charge in [-0.25, -0.2) is 4.39 Å². The molecule has 0 radical (unpaired) electrons. The number of alkyl halides is 3. The van der Waals surface area contributed by atoms with Crippen molar-refractivity contribution in [2.75, 3.05) is 11.3 Å². The molecule has 0 saturated carbocycles. The van der Waals surface area contributed by atoms with E-state index in [2.05, 4.69) is 0 Å². The molecular weight excluding hydrogens is 290 g/mol. The molecule has 0 aromatic heterocycles. The number of halogens is 4. The topological polar surface area (TPSA) is 84.2 Å². The molecule has 0 aliphatic rings. The van der Waals surface area contributed by atoms with Crippen LogP contribution in [0.5, 0.6) is 0 Å². The van der Waals surface area contributed by atoms with E-state index in [1.807, 2.05) is 0 Å². The molecule has 0 fully saturated rings. The largest absolute Gasteiger partial charge is 0.402 e. The summed E-state index contributed by atoms with van der Waals surface area (Å²) in [6.45, 7) is -2.03. The highest BCUT2D eigenvalue weighted by molar-refractivity contribution is 7.90. The van der Waals surface area contributed by atoms with Crippen LogP contribution in [0.4, 0.5) is 23.2 Å². The molecule has 0 saturated heterocycles. The Bertz CT molecular complexity index is 545. The average Bonchev–Trinajstić information content (AvgIpc) is 2.26. The van der Waals surface area contributed by atoms with E-state index in [0.29, 0.717) is 0 Å². The maximum Gasteiger partial charge on any atom is 0.402 e. The molecule has 0 bridgehead atoms. The van der Waals surface area contributed by atoms with Crippen LogP contribution in [0.25, 0.3) is 0 Å². The van der Waals surface area contributed by atoms with Crippen molar-refractivity contribution < 1.29 is 26.0 Å². The molecule has 1 aromatic carbocycles. The molecule has 0 heterocycles. The average molecular weight is 301 g/mol. The normalized spacial score (nSPS) is 12.5. The standard InChI is InChI=1S/C9H11F4N3O2S/c10-7-2-1-3-8(6(7)4-14)16-19(17,18)15-5-9(11,12)13/h1-3,15-16H,4-5,14H2. The number of hydrogen-bond acceptors (Lipinski definition) is 3. The van der Waals surface area contributed by atoms with Crippen LogP contribution in [0.2, 0.25) is 0 Å². The first-order valence-corrected chi connectivity index (χ1v) is 6.44. The summed E-state index contributed by atoms with van der Waals surface area (Å²) < 4.78 is 74.7. The minimum Gasteiger partial charge on any atom is -0.326 e. The number of rotatable bonds is 5. The van der Waals surface area contributed by atoms with E-state index in [1.165, 1.54) is 16.9 Å². The highest BCUT2D eigenvalue weighted by Crippen LogP contribution is 2.19. The van der Waals surface area contributed by atoms with Crippen molar-refractivity contribution in [1.29, 1.82) is 0 Å². The van der Waals surface area contributed by atoms with Gasteiger partial charge in [-0.15, -0.1) is 0 Å². The Morgan fingerprint density at radius 3 is 2.42 bits per heavy atom. The second kappa shape index (κ2) is 5.72. The second-order valence-corrected chi connectivity index (χ2v) is 5.01. The fraction of sp³-hybridized carbons (Fsp3) is 0.333. The highest BCUT2D eigenvalue weighted by atomic mass is 32.2. The predicted octanol–water partition coefficient (Wildman–Crippen LogP) is 1.09. The van der Waals surface area contributed by atoms with Gasteiger partial charge in [0.1, 0.15) is 12.4 Å². The summed E-state index contributed by atoms with van der Waals surface area (Å²) in [5.41, 5.74) is 4.89. The first-order chi connectivity index (χ1) is 8.64. The second-order valence-electron chi connectivity index (χ2n) is 3.51. The van der Waals surface area contributed by atoms with E-state index in [-0.39, 0.29) is 17.8 Å². The molecule has 1 aromatic rings. The van der Waals surface area contributed by atoms with Gasteiger partial charge < -0.3 is 5.73 Å². The molecule has 108 valence electrons. The monoisotopic (exact) mass is 301 g/mol. The summed E-state index contributed by atoms with van der Waals surface area (Å²) >= 11 is 0. The van der Waals surface area contributed by atoms with Gasteiger partial charge in [0.2, 0.25) is 0 Å². The Kier molecular flexibility index (Phi) is 4.71. The van der Waals surface area contributed by atoms with Crippen molar-refractivity contribution in [3.8, 4) is 0 Å². The molecule has 0 amide bonds. The van der Waals surface area contributed by atoms with Gasteiger partial charge in [0.15, 0.2) is 0 Å². The third kappa shape index (κ3) is 5.01. The quantitative estimate of drug-likeness (QED) is 0.712. The molecule has 0 spiro atoms. The lowest BCUT2D eigenvalue weighted by Crippen LogP contribution is -2.37. The fourth-order valence-corrected chi connectivity index (χ4v) is 2.13. The van der Waals surface area contributed by atoms with Crippen LogP contribution in [-0.2, 0) is 16.8 Å². The molecule has 0 atom stereocenters. The lowest BCUT2D eigenvalue weighted by molar-refractivity contribution is -0.121. The van der Waals surface area contributed by atoms with Crippen LogP contribution in [0.1, 0.15) is 5.56 Å². The zero-order valence-electron chi connectivity index (χ0n) is 9.46. The van der Waals surface area contributed by atoms with Gasteiger partial charge in [-0.1, -0.05) is 6.07 Å². The first kappa shape index (κ1) is 15.7. The van der Waals surface area contributed by atoms with Crippen molar-refractivity contribution in [2.24, 2.45) is 5.73 Å². The molecule has 1 rings (SSSR count). The van der Waals surface area contributed by atoms with Crippen molar-refractivity contribution in [3.05, 3.63) is 29.6 Å². The molecule has 5 nitrogen and oxygen atoms in total. The molecule has 0 unspecified atom stereocenters. The molecule has 19 heavy (non-hydrogen) atoms. The molecule has 0 aliphatic carbocycles. The number of nitrogens with one attached hydrogen (secondary N) is 2. The lowest BCUT2D eigenvalue weighted by Gasteiger charge is -2.13. The first-order valence-electron chi connectivity index (χ1n) is 4.96. The zero-order chi connectivity index (χ0) is 14.7. The minimum absolute atomic E-state index is 0.139. The fourth-order valence-electron chi connectivity index (χ4n) is 1.22. The molecular formula is C9H11F4N3O2S. The summed E-state index contributed by atoms with van der Waals surface area (Å²) in [6, 6.07) is 3.46. The summed E-state index contributed by atoms with van der Waals surface area (Å²) in [5.74, 6) is -0.751. The van der Waals surface area contributed by atoms with E-state index in [4.69, 9.17) is 5.73 Å². The Balaban J connectivity index is 2.87. The Morgan fingerprint density at radius 1 is 1.26 bits per heavy atom. The summed E-state index contributed by atoms with van der Waals surface area (Å²) in [5, 5.41) is 0. The van der Waals surface area contributed by atoms with Gasteiger partial charge in [-0.05, 0) is 12.1 Å².